The summed E-state index contributed by atoms with van der Waals surface area (Å²) in [4.78, 5) is 15.2. The molecule has 1 atom stereocenters. The predicted molar refractivity (Wildman–Crippen MR) is 91.9 cm³/mol. The maximum absolute atomic E-state index is 9.84. The summed E-state index contributed by atoms with van der Waals surface area (Å²) in [6.45, 7) is 3.45. The van der Waals surface area contributed by atoms with Crippen molar-refractivity contribution in [1.29, 1.82) is 0 Å². The van der Waals surface area contributed by atoms with Crippen LogP contribution in [0.3, 0.4) is 0 Å². The number of nitrogens with zero attached hydrogens (tertiary/aromatic N) is 5. The van der Waals surface area contributed by atoms with Gasteiger partial charge >= 0.3 is 0 Å². The minimum Gasteiger partial charge on any atom is -0.391 e. The Hall–Kier alpha value is -2.15. The van der Waals surface area contributed by atoms with Gasteiger partial charge < -0.3 is 19.9 Å². The van der Waals surface area contributed by atoms with Gasteiger partial charge in [-0.25, -0.2) is 9.97 Å². The van der Waals surface area contributed by atoms with E-state index in [9.17, 15) is 5.11 Å². The Balaban J connectivity index is 1.37. The molecule has 0 spiro atoms. The zero-order valence-electron chi connectivity index (χ0n) is 13.8. The van der Waals surface area contributed by atoms with E-state index in [1.54, 1.807) is 6.20 Å². The maximum Gasteiger partial charge on any atom is 0.224 e. The van der Waals surface area contributed by atoms with Crippen LogP contribution in [-0.2, 0) is 6.54 Å². The number of imidazole rings is 1. The first-order chi connectivity index (χ1) is 11.7. The van der Waals surface area contributed by atoms with E-state index in [4.69, 9.17) is 0 Å². The molecule has 7 heteroatoms. The van der Waals surface area contributed by atoms with Crippen molar-refractivity contribution < 1.29 is 5.11 Å². The quantitative estimate of drug-likeness (QED) is 0.837. The number of hydrogen-bond donors (Lipinski definition) is 2. The van der Waals surface area contributed by atoms with E-state index in [0.29, 0.717) is 17.9 Å². The van der Waals surface area contributed by atoms with Gasteiger partial charge in [0.2, 0.25) is 5.95 Å². The number of aliphatic hydroxyl groups excluding tert-OH is 1. The maximum atomic E-state index is 9.84. The minimum atomic E-state index is -0.255. The van der Waals surface area contributed by atoms with Crippen LogP contribution in [0.1, 0.15) is 25.7 Å². The van der Waals surface area contributed by atoms with Crippen molar-refractivity contribution in [2.24, 2.45) is 5.41 Å². The van der Waals surface area contributed by atoms with Gasteiger partial charge in [-0.15, -0.1) is 0 Å². The van der Waals surface area contributed by atoms with Crippen LogP contribution in [0.4, 0.5) is 11.8 Å². The van der Waals surface area contributed by atoms with Gasteiger partial charge in [-0.3, -0.25) is 0 Å². The van der Waals surface area contributed by atoms with Gasteiger partial charge in [0.05, 0.1) is 12.4 Å². The molecule has 1 saturated carbocycles. The average Bonchev–Trinajstić information content (AvgIpc) is 3.17. The minimum absolute atomic E-state index is 0.255. The predicted octanol–water partition coefficient (Wildman–Crippen LogP) is 1.53. The zero-order chi connectivity index (χ0) is 16.4. The van der Waals surface area contributed by atoms with Crippen molar-refractivity contribution in [2.45, 2.75) is 38.3 Å². The molecule has 2 aromatic rings. The van der Waals surface area contributed by atoms with Crippen LogP contribution in [0, 0.1) is 5.41 Å². The van der Waals surface area contributed by atoms with Crippen molar-refractivity contribution >= 4 is 11.8 Å². The molecule has 1 saturated heterocycles. The lowest BCUT2D eigenvalue weighted by Crippen LogP contribution is -2.38. The van der Waals surface area contributed by atoms with Crippen molar-refractivity contribution in [2.75, 3.05) is 29.9 Å². The number of aliphatic hydroxyl groups is 1. The number of β-amino-alcohol motifs (C(OH)–C–C–N with tert-alkyl or cyclic N) is 1. The van der Waals surface area contributed by atoms with Crippen molar-refractivity contribution in [3.05, 3.63) is 31.0 Å². The van der Waals surface area contributed by atoms with Gasteiger partial charge in [0.25, 0.3) is 0 Å². The van der Waals surface area contributed by atoms with Gasteiger partial charge in [-0.2, -0.15) is 4.98 Å². The van der Waals surface area contributed by atoms with Crippen molar-refractivity contribution in [1.82, 2.24) is 19.5 Å². The van der Waals surface area contributed by atoms with Gasteiger partial charge in [0.15, 0.2) is 0 Å². The van der Waals surface area contributed by atoms with Crippen LogP contribution >= 0.6 is 0 Å². The van der Waals surface area contributed by atoms with E-state index in [0.717, 1.165) is 38.3 Å². The molecule has 24 heavy (non-hydrogen) atoms. The lowest BCUT2D eigenvalue weighted by Gasteiger charge is -2.31. The van der Waals surface area contributed by atoms with Gasteiger partial charge in [0.1, 0.15) is 5.82 Å². The Labute approximate surface area is 141 Å². The molecule has 2 aliphatic rings. The van der Waals surface area contributed by atoms with E-state index >= 15 is 0 Å². The Bertz CT molecular complexity index is 669. The molecule has 0 aromatic carbocycles. The topological polar surface area (TPSA) is 79.1 Å². The van der Waals surface area contributed by atoms with E-state index in [-0.39, 0.29) is 6.10 Å². The summed E-state index contributed by atoms with van der Waals surface area (Å²) < 4.78 is 2.14. The SMILES string of the molecule is OC1CCCN(c2ccnc(NCC3(Cn4ccnc4)CC3)n2)C1. The highest BCUT2D eigenvalue weighted by molar-refractivity contribution is 5.43. The highest BCUT2D eigenvalue weighted by Crippen LogP contribution is 2.47. The van der Waals surface area contributed by atoms with Crippen LogP contribution < -0.4 is 10.2 Å². The summed E-state index contributed by atoms with van der Waals surface area (Å²) >= 11 is 0. The summed E-state index contributed by atoms with van der Waals surface area (Å²) in [6.07, 6.45) is 11.6. The molecule has 7 nitrogen and oxygen atoms in total. The molecule has 2 aromatic heterocycles. The standard InChI is InChI=1S/C17H24N6O/c24-14-2-1-8-23(10-14)15-3-6-19-16(21-15)20-11-17(4-5-17)12-22-9-7-18-13-22/h3,6-7,9,13-14,24H,1-2,4-5,8,10-12H2,(H,19,20,21). The summed E-state index contributed by atoms with van der Waals surface area (Å²) in [5, 5.41) is 13.2. The van der Waals surface area contributed by atoms with E-state index < -0.39 is 0 Å². The molecule has 0 radical (unpaired) electrons. The second-order valence-electron chi connectivity index (χ2n) is 7.07. The monoisotopic (exact) mass is 328 g/mol. The molecule has 0 amide bonds. The highest BCUT2D eigenvalue weighted by Gasteiger charge is 2.42. The van der Waals surface area contributed by atoms with Gasteiger partial charge in [-0.05, 0) is 31.7 Å². The Morgan fingerprint density at radius 1 is 1.33 bits per heavy atom. The zero-order valence-corrected chi connectivity index (χ0v) is 13.8. The molecule has 0 bridgehead atoms. The molecule has 1 aliphatic carbocycles. The largest absolute Gasteiger partial charge is 0.391 e. The number of rotatable bonds is 6. The molecule has 3 heterocycles. The number of piperidine rings is 1. The Morgan fingerprint density at radius 2 is 2.25 bits per heavy atom. The molecular weight excluding hydrogens is 304 g/mol. The normalized spacial score (nSPS) is 22.4. The Morgan fingerprint density at radius 3 is 3.00 bits per heavy atom. The summed E-state index contributed by atoms with van der Waals surface area (Å²) in [5.41, 5.74) is 0.293. The third-order valence-corrected chi connectivity index (χ3v) is 5.02. The molecular formula is C17H24N6O. The lowest BCUT2D eigenvalue weighted by atomic mass is 10.1. The molecule has 1 unspecified atom stereocenters. The van der Waals surface area contributed by atoms with Crippen molar-refractivity contribution in [3.63, 3.8) is 0 Å². The Kier molecular flexibility index (Phi) is 4.10. The van der Waals surface area contributed by atoms with E-state index in [1.165, 1.54) is 12.8 Å². The number of nitrogens with one attached hydrogen (secondary N) is 1. The summed E-state index contributed by atoms with van der Waals surface area (Å²) in [5.74, 6) is 1.56. The summed E-state index contributed by atoms with van der Waals surface area (Å²) in [7, 11) is 0. The first-order valence-electron chi connectivity index (χ1n) is 8.68. The van der Waals surface area contributed by atoms with Crippen LogP contribution in [0.5, 0.6) is 0 Å². The van der Waals surface area contributed by atoms with E-state index in [1.807, 2.05) is 24.8 Å². The number of aromatic nitrogens is 4. The fourth-order valence-corrected chi connectivity index (χ4v) is 3.37. The number of anilines is 2. The molecule has 128 valence electrons. The molecule has 4 rings (SSSR count). The van der Waals surface area contributed by atoms with Crippen molar-refractivity contribution in [3.8, 4) is 0 Å². The second kappa shape index (κ2) is 6.39. The van der Waals surface area contributed by atoms with Gasteiger partial charge in [0, 0.05) is 50.2 Å². The second-order valence-corrected chi connectivity index (χ2v) is 7.07. The van der Waals surface area contributed by atoms with Crippen LogP contribution in [-0.4, -0.2) is 50.4 Å². The highest BCUT2D eigenvalue weighted by atomic mass is 16.3. The molecule has 2 fully saturated rings. The van der Waals surface area contributed by atoms with Crippen LogP contribution in [0.15, 0.2) is 31.0 Å². The third-order valence-electron chi connectivity index (χ3n) is 5.02. The first-order valence-corrected chi connectivity index (χ1v) is 8.68. The molecule has 1 aliphatic heterocycles. The third kappa shape index (κ3) is 3.51. The summed E-state index contributed by atoms with van der Waals surface area (Å²) in [6, 6.07) is 1.92. The average molecular weight is 328 g/mol. The van der Waals surface area contributed by atoms with E-state index in [2.05, 4.69) is 29.7 Å². The van der Waals surface area contributed by atoms with Crippen LogP contribution in [0.25, 0.3) is 0 Å². The molecule has 2 N–H and O–H groups in total. The first kappa shape index (κ1) is 15.4. The van der Waals surface area contributed by atoms with Crippen LogP contribution in [0.2, 0.25) is 0 Å². The lowest BCUT2D eigenvalue weighted by molar-refractivity contribution is 0.154. The number of hydrogen-bond acceptors (Lipinski definition) is 6. The van der Waals surface area contributed by atoms with Gasteiger partial charge in [-0.1, -0.05) is 0 Å². The fraction of sp³-hybridized carbons (Fsp3) is 0.588. The fourth-order valence-electron chi connectivity index (χ4n) is 3.37. The smallest absolute Gasteiger partial charge is 0.224 e.